The number of nitrogens with zero attached hydrogens (tertiary/aromatic N) is 2. The van der Waals surface area contributed by atoms with Gasteiger partial charge in [0.15, 0.2) is 0 Å². The van der Waals surface area contributed by atoms with Crippen LogP contribution in [0.15, 0.2) is 24.3 Å². The van der Waals surface area contributed by atoms with E-state index in [4.69, 9.17) is 0 Å². The Bertz CT molecular complexity index is 614. The Hall–Kier alpha value is -2.29. The number of alkyl halides is 3. The zero-order valence-electron chi connectivity index (χ0n) is 13.6. The maximum Gasteiger partial charge on any atom is 0.401 e. The molecule has 0 aliphatic carbocycles. The van der Waals surface area contributed by atoms with Crippen molar-refractivity contribution >= 4 is 17.5 Å². The molecule has 0 atom stereocenters. The molecule has 0 aromatic heterocycles. The van der Waals surface area contributed by atoms with Gasteiger partial charge in [0.25, 0.3) is 0 Å². The van der Waals surface area contributed by atoms with E-state index in [2.05, 4.69) is 5.32 Å². The molecule has 1 saturated heterocycles. The highest BCUT2D eigenvalue weighted by molar-refractivity contribution is 5.93. The summed E-state index contributed by atoms with van der Waals surface area (Å²) >= 11 is 0. The number of piperazine rings is 1. The first kappa shape index (κ1) is 19.0. The highest BCUT2D eigenvalue weighted by Gasteiger charge is 2.32. The van der Waals surface area contributed by atoms with E-state index in [1.807, 2.05) is 0 Å². The minimum atomic E-state index is -4.24. The van der Waals surface area contributed by atoms with Crippen molar-refractivity contribution in [2.24, 2.45) is 0 Å². The smallest absolute Gasteiger partial charge is 0.401 e. The van der Waals surface area contributed by atoms with Crippen LogP contribution in [-0.2, 0) is 9.59 Å². The molecule has 0 bridgehead atoms. The molecule has 138 valence electrons. The lowest BCUT2D eigenvalue weighted by atomic mass is 10.2. The fourth-order valence-electron chi connectivity index (χ4n) is 2.59. The highest BCUT2D eigenvalue weighted by Crippen LogP contribution is 2.18. The molecule has 1 heterocycles. The lowest BCUT2D eigenvalue weighted by Gasteiger charge is -2.35. The summed E-state index contributed by atoms with van der Waals surface area (Å²) in [4.78, 5) is 26.6. The van der Waals surface area contributed by atoms with Gasteiger partial charge in [0, 0.05) is 50.8 Å². The predicted octanol–water partition coefficient (Wildman–Crippen LogP) is 1.82. The van der Waals surface area contributed by atoms with Gasteiger partial charge < -0.3 is 15.3 Å². The van der Waals surface area contributed by atoms with Crippen LogP contribution >= 0.6 is 0 Å². The molecule has 1 aromatic rings. The number of aromatic hydroxyl groups is 1. The first-order valence-electron chi connectivity index (χ1n) is 7.89. The van der Waals surface area contributed by atoms with Crippen molar-refractivity contribution in [2.45, 2.75) is 19.0 Å². The minimum Gasteiger partial charge on any atom is -0.508 e. The molecular weight excluding hydrogens is 339 g/mol. The Balaban J connectivity index is 1.71. The Morgan fingerprint density at radius 3 is 2.40 bits per heavy atom. The van der Waals surface area contributed by atoms with Crippen molar-refractivity contribution in [1.82, 2.24) is 9.80 Å². The highest BCUT2D eigenvalue weighted by atomic mass is 19.4. The number of rotatable bonds is 5. The van der Waals surface area contributed by atoms with Crippen LogP contribution in [0.1, 0.15) is 12.8 Å². The van der Waals surface area contributed by atoms with Crippen LogP contribution in [0.4, 0.5) is 18.9 Å². The number of nitrogens with one attached hydrogen (secondary N) is 1. The topological polar surface area (TPSA) is 72.9 Å². The first-order valence-corrected chi connectivity index (χ1v) is 7.89. The van der Waals surface area contributed by atoms with E-state index in [1.165, 1.54) is 21.9 Å². The second-order valence-electron chi connectivity index (χ2n) is 5.87. The second-order valence-corrected chi connectivity index (χ2v) is 5.87. The molecule has 2 amide bonds. The summed E-state index contributed by atoms with van der Waals surface area (Å²) in [5, 5.41) is 11.9. The lowest BCUT2D eigenvalue weighted by Crippen LogP contribution is -2.51. The molecule has 1 aliphatic heterocycles. The number of hydrogen-bond acceptors (Lipinski definition) is 4. The van der Waals surface area contributed by atoms with Gasteiger partial charge in [0.1, 0.15) is 5.75 Å². The molecule has 25 heavy (non-hydrogen) atoms. The standard InChI is InChI=1S/C16H20F3N3O3/c17-16(18,19)11-21-6-8-22(9-7-21)15(25)5-4-14(24)20-12-2-1-3-13(23)10-12/h1-3,10,23H,4-9,11H2,(H,20,24). The molecule has 2 rings (SSSR count). The van der Waals surface area contributed by atoms with Crippen LogP contribution in [0, 0.1) is 0 Å². The van der Waals surface area contributed by atoms with E-state index < -0.39 is 12.7 Å². The van der Waals surface area contributed by atoms with Crippen LogP contribution in [-0.4, -0.2) is 65.6 Å². The summed E-state index contributed by atoms with van der Waals surface area (Å²) in [7, 11) is 0. The van der Waals surface area contributed by atoms with Crippen molar-refractivity contribution in [3.05, 3.63) is 24.3 Å². The number of benzene rings is 1. The predicted molar refractivity (Wildman–Crippen MR) is 85.0 cm³/mol. The Labute approximate surface area is 143 Å². The van der Waals surface area contributed by atoms with Gasteiger partial charge in [0.05, 0.1) is 6.54 Å². The van der Waals surface area contributed by atoms with E-state index in [-0.39, 0.29) is 56.6 Å². The number of anilines is 1. The SMILES string of the molecule is O=C(CCC(=O)N1CCN(CC(F)(F)F)CC1)Nc1cccc(O)c1. The molecule has 6 nitrogen and oxygen atoms in total. The van der Waals surface area contributed by atoms with Gasteiger partial charge >= 0.3 is 6.18 Å². The quantitative estimate of drug-likeness (QED) is 0.841. The van der Waals surface area contributed by atoms with E-state index in [0.29, 0.717) is 5.69 Å². The summed E-state index contributed by atoms with van der Waals surface area (Å²) in [5.74, 6) is -0.599. The van der Waals surface area contributed by atoms with Gasteiger partial charge in [-0.3, -0.25) is 14.5 Å². The van der Waals surface area contributed by atoms with E-state index >= 15 is 0 Å². The molecule has 0 spiro atoms. The number of hydrogen-bond donors (Lipinski definition) is 2. The molecule has 0 unspecified atom stereocenters. The number of halogens is 3. The van der Waals surface area contributed by atoms with Crippen LogP contribution in [0.3, 0.4) is 0 Å². The van der Waals surface area contributed by atoms with Gasteiger partial charge in [-0.05, 0) is 12.1 Å². The molecule has 9 heteroatoms. The number of phenols is 1. The summed E-state index contributed by atoms with van der Waals surface area (Å²) < 4.78 is 37.0. The first-order chi connectivity index (χ1) is 11.7. The summed E-state index contributed by atoms with van der Waals surface area (Å²) in [5.41, 5.74) is 0.429. The summed E-state index contributed by atoms with van der Waals surface area (Å²) in [6.07, 6.45) is -4.28. The zero-order chi connectivity index (χ0) is 18.4. The van der Waals surface area contributed by atoms with Crippen molar-refractivity contribution in [3.63, 3.8) is 0 Å². The Kier molecular flexibility index (Phi) is 6.24. The molecule has 0 radical (unpaired) electrons. The van der Waals surface area contributed by atoms with Gasteiger partial charge in [-0.2, -0.15) is 13.2 Å². The molecule has 2 N–H and O–H groups in total. The van der Waals surface area contributed by atoms with Crippen molar-refractivity contribution in [3.8, 4) is 5.75 Å². The zero-order valence-corrected chi connectivity index (χ0v) is 13.6. The lowest BCUT2D eigenvalue weighted by molar-refractivity contribution is -0.152. The maximum atomic E-state index is 12.3. The Morgan fingerprint density at radius 2 is 1.80 bits per heavy atom. The minimum absolute atomic E-state index is 0.0100. The van der Waals surface area contributed by atoms with E-state index in [0.717, 1.165) is 0 Å². The molecular formula is C16H20F3N3O3. The monoisotopic (exact) mass is 359 g/mol. The van der Waals surface area contributed by atoms with Crippen LogP contribution < -0.4 is 5.32 Å². The van der Waals surface area contributed by atoms with Gasteiger partial charge in [-0.15, -0.1) is 0 Å². The molecule has 1 fully saturated rings. The average molecular weight is 359 g/mol. The van der Waals surface area contributed by atoms with Crippen LogP contribution in [0.2, 0.25) is 0 Å². The van der Waals surface area contributed by atoms with Crippen molar-refractivity contribution in [1.29, 1.82) is 0 Å². The number of amides is 2. The normalized spacial score (nSPS) is 15.9. The largest absolute Gasteiger partial charge is 0.508 e. The molecule has 0 saturated carbocycles. The number of phenolic OH excluding ortho intramolecular Hbond substituents is 1. The fourth-order valence-corrected chi connectivity index (χ4v) is 2.59. The summed E-state index contributed by atoms with van der Waals surface area (Å²) in [6.45, 7) is -0.186. The fraction of sp³-hybridized carbons (Fsp3) is 0.500. The van der Waals surface area contributed by atoms with Crippen LogP contribution in [0.25, 0.3) is 0 Å². The van der Waals surface area contributed by atoms with Crippen molar-refractivity contribution < 1.29 is 27.9 Å². The average Bonchev–Trinajstić information content (AvgIpc) is 2.52. The van der Waals surface area contributed by atoms with Gasteiger partial charge in [-0.25, -0.2) is 0 Å². The third-order valence-corrected chi connectivity index (χ3v) is 3.82. The van der Waals surface area contributed by atoms with E-state index in [9.17, 15) is 27.9 Å². The van der Waals surface area contributed by atoms with Crippen molar-refractivity contribution in [2.75, 3.05) is 38.0 Å². The molecule has 1 aromatic carbocycles. The number of carbonyl (C=O) groups excluding carboxylic acids is 2. The van der Waals surface area contributed by atoms with Crippen LogP contribution in [0.5, 0.6) is 5.75 Å². The molecule has 1 aliphatic rings. The summed E-state index contributed by atoms with van der Waals surface area (Å²) in [6, 6.07) is 6.05. The second kappa shape index (κ2) is 8.19. The van der Waals surface area contributed by atoms with Gasteiger partial charge in [0.2, 0.25) is 11.8 Å². The number of carbonyl (C=O) groups is 2. The van der Waals surface area contributed by atoms with Gasteiger partial charge in [-0.1, -0.05) is 6.07 Å². The Morgan fingerprint density at radius 1 is 1.12 bits per heavy atom. The van der Waals surface area contributed by atoms with E-state index in [1.54, 1.807) is 12.1 Å². The third kappa shape index (κ3) is 6.61. The maximum absolute atomic E-state index is 12.3. The third-order valence-electron chi connectivity index (χ3n) is 3.82.